The van der Waals surface area contributed by atoms with E-state index < -0.39 is 0 Å². The van der Waals surface area contributed by atoms with Crippen LogP contribution in [0.5, 0.6) is 0 Å². The van der Waals surface area contributed by atoms with Crippen LogP contribution in [0.2, 0.25) is 0 Å². The van der Waals surface area contributed by atoms with E-state index in [0.717, 1.165) is 0 Å². The zero-order valence-corrected chi connectivity index (χ0v) is 8.65. The molecule has 6 heteroatoms. The molecule has 76 valence electrons. The van der Waals surface area contributed by atoms with Crippen molar-refractivity contribution in [3.8, 4) is 0 Å². The third-order valence-electron chi connectivity index (χ3n) is 1.46. The van der Waals surface area contributed by atoms with Gasteiger partial charge in [0, 0.05) is 23.9 Å². The van der Waals surface area contributed by atoms with Crippen LogP contribution in [0.25, 0.3) is 0 Å². The van der Waals surface area contributed by atoms with Crippen LogP contribution in [0.3, 0.4) is 0 Å². The van der Waals surface area contributed by atoms with Gasteiger partial charge in [-0.2, -0.15) is 0 Å². The molecule has 1 rings (SSSR count). The van der Waals surface area contributed by atoms with Crippen molar-refractivity contribution < 1.29 is 0 Å². The summed E-state index contributed by atoms with van der Waals surface area (Å²) in [6.07, 6.45) is 0.502. The smallest absolute Gasteiger partial charge is 0.251 e. The average Bonchev–Trinajstić information content (AvgIpc) is 2.01. The van der Waals surface area contributed by atoms with Gasteiger partial charge in [-0.15, -0.1) is 0 Å². The fraction of sp³-hybridized carbons (Fsp3) is 0.375. The molecule has 0 bridgehead atoms. The average molecular weight is 212 g/mol. The molecular weight excluding hydrogens is 200 g/mol. The van der Waals surface area contributed by atoms with Gasteiger partial charge in [0.2, 0.25) is 0 Å². The van der Waals surface area contributed by atoms with Crippen molar-refractivity contribution >= 4 is 17.6 Å². The first-order valence-electron chi connectivity index (χ1n) is 4.11. The van der Waals surface area contributed by atoms with Crippen molar-refractivity contribution in [2.24, 2.45) is 5.73 Å². The fourth-order valence-corrected chi connectivity index (χ4v) is 1.77. The molecule has 0 atom stereocenters. The molecule has 4 N–H and O–H groups in total. The van der Waals surface area contributed by atoms with E-state index in [1.165, 1.54) is 17.8 Å². The molecule has 14 heavy (non-hydrogen) atoms. The summed E-state index contributed by atoms with van der Waals surface area (Å²) in [6, 6.07) is 1.44. The molecular formula is C8H12N4OS. The fourth-order valence-electron chi connectivity index (χ4n) is 0.878. The number of hydrogen-bond donors (Lipinski definition) is 3. The van der Waals surface area contributed by atoms with Crippen LogP contribution in [-0.4, -0.2) is 21.6 Å². The molecule has 0 aliphatic carbocycles. The van der Waals surface area contributed by atoms with Crippen LogP contribution in [0.4, 0.5) is 0 Å². The largest absolute Gasteiger partial charge is 0.388 e. The highest BCUT2D eigenvalue weighted by Gasteiger charge is 1.99. The maximum atomic E-state index is 11.0. The monoisotopic (exact) mass is 212 g/mol. The van der Waals surface area contributed by atoms with E-state index >= 15 is 0 Å². The highest BCUT2D eigenvalue weighted by atomic mass is 32.2. The topological polar surface area (TPSA) is 95.6 Å². The Morgan fingerprint density at radius 2 is 2.50 bits per heavy atom. The number of hydrogen-bond acceptors (Lipinski definition) is 4. The number of aromatic nitrogens is 2. The van der Waals surface area contributed by atoms with E-state index in [1.54, 1.807) is 6.92 Å². The minimum atomic E-state index is -0.150. The van der Waals surface area contributed by atoms with E-state index in [4.69, 9.17) is 11.1 Å². The molecule has 0 aromatic carbocycles. The number of thioether (sulfide) groups is 1. The van der Waals surface area contributed by atoms with E-state index in [1.807, 2.05) is 0 Å². The molecule has 0 fully saturated rings. The molecule has 0 radical (unpaired) electrons. The zero-order valence-electron chi connectivity index (χ0n) is 7.83. The zero-order chi connectivity index (χ0) is 10.6. The predicted molar refractivity (Wildman–Crippen MR) is 56.8 cm³/mol. The number of aryl methyl sites for hydroxylation is 1. The summed E-state index contributed by atoms with van der Waals surface area (Å²) in [5.74, 6) is 0.800. The molecule has 0 aliphatic rings. The molecule has 0 spiro atoms. The number of H-pyrrole nitrogens is 1. The van der Waals surface area contributed by atoms with Gasteiger partial charge in [-0.25, -0.2) is 4.98 Å². The summed E-state index contributed by atoms with van der Waals surface area (Å²) in [7, 11) is 0. The number of rotatable bonds is 4. The molecule has 1 aromatic rings. The van der Waals surface area contributed by atoms with Crippen LogP contribution in [0.1, 0.15) is 12.1 Å². The minimum Gasteiger partial charge on any atom is -0.388 e. The summed E-state index contributed by atoms with van der Waals surface area (Å²) >= 11 is 1.39. The van der Waals surface area contributed by atoms with Gasteiger partial charge in [-0.05, 0) is 6.92 Å². The third kappa shape index (κ3) is 3.61. The lowest BCUT2D eigenvalue weighted by Crippen LogP contribution is -2.11. The van der Waals surface area contributed by atoms with Crippen LogP contribution in [0, 0.1) is 12.3 Å². The second kappa shape index (κ2) is 4.80. The Hall–Kier alpha value is -1.30. The van der Waals surface area contributed by atoms with Crippen molar-refractivity contribution in [3.63, 3.8) is 0 Å². The summed E-state index contributed by atoms with van der Waals surface area (Å²) < 4.78 is 0. The Balaban J connectivity index is 2.59. The van der Waals surface area contributed by atoms with Crippen molar-refractivity contribution in [1.82, 2.24) is 9.97 Å². The lowest BCUT2D eigenvalue weighted by atomic mass is 10.5. The number of amidine groups is 1. The Morgan fingerprint density at radius 1 is 1.79 bits per heavy atom. The van der Waals surface area contributed by atoms with Gasteiger partial charge in [0.1, 0.15) is 0 Å². The third-order valence-corrected chi connectivity index (χ3v) is 2.33. The first kappa shape index (κ1) is 10.8. The molecule has 0 aliphatic heterocycles. The summed E-state index contributed by atoms with van der Waals surface area (Å²) in [4.78, 5) is 17.8. The summed E-state index contributed by atoms with van der Waals surface area (Å²) in [5, 5.41) is 7.60. The molecule has 1 heterocycles. The maximum Gasteiger partial charge on any atom is 0.251 e. The Kier molecular flexibility index (Phi) is 3.70. The van der Waals surface area contributed by atoms with E-state index in [9.17, 15) is 4.79 Å². The summed E-state index contributed by atoms with van der Waals surface area (Å²) in [5.41, 5.74) is 5.74. The van der Waals surface area contributed by atoms with Crippen molar-refractivity contribution in [2.75, 3.05) is 5.75 Å². The molecule has 1 aromatic heterocycles. The highest BCUT2D eigenvalue weighted by Crippen LogP contribution is 2.11. The first-order chi connectivity index (χ1) is 6.58. The van der Waals surface area contributed by atoms with Gasteiger partial charge in [-0.1, -0.05) is 11.8 Å². The number of nitrogens with one attached hydrogen (secondary N) is 2. The number of nitrogens with two attached hydrogens (primary N) is 1. The van der Waals surface area contributed by atoms with Gasteiger partial charge < -0.3 is 10.7 Å². The van der Waals surface area contributed by atoms with E-state index in [2.05, 4.69) is 9.97 Å². The minimum absolute atomic E-state index is 0.146. The molecule has 0 amide bonds. The van der Waals surface area contributed by atoms with Crippen LogP contribution >= 0.6 is 11.8 Å². The Labute approximate surface area is 85.6 Å². The van der Waals surface area contributed by atoms with E-state index in [-0.39, 0.29) is 11.4 Å². The lowest BCUT2D eigenvalue weighted by Gasteiger charge is -2.00. The highest BCUT2D eigenvalue weighted by molar-refractivity contribution is 7.99. The Morgan fingerprint density at radius 3 is 3.07 bits per heavy atom. The van der Waals surface area contributed by atoms with Crippen molar-refractivity contribution in [3.05, 3.63) is 22.1 Å². The Bertz CT molecular complexity index is 387. The lowest BCUT2D eigenvalue weighted by molar-refractivity contribution is 0.905. The normalized spacial score (nSPS) is 10.1. The quantitative estimate of drug-likeness (QED) is 0.293. The van der Waals surface area contributed by atoms with Gasteiger partial charge >= 0.3 is 0 Å². The predicted octanol–water partition coefficient (Wildman–Crippen LogP) is 0.496. The van der Waals surface area contributed by atoms with Crippen molar-refractivity contribution in [1.29, 1.82) is 5.41 Å². The van der Waals surface area contributed by atoms with Gasteiger partial charge in [0.05, 0.1) is 5.84 Å². The van der Waals surface area contributed by atoms with Crippen LogP contribution in [0.15, 0.2) is 16.0 Å². The summed E-state index contributed by atoms with van der Waals surface area (Å²) in [6.45, 7) is 1.77. The van der Waals surface area contributed by atoms with Gasteiger partial charge in [-0.3, -0.25) is 10.2 Å². The molecule has 0 saturated heterocycles. The van der Waals surface area contributed by atoms with Crippen LogP contribution < -0.4 is 11.3 Å². The van der Waals surface area contributed by atoms with Crippen molar-refractivity contribution in [2.45, 2.75) is 18.5 Å². The van der Waals surface area contributed by atoms with Gasteiger partial charge in [0.25, 0.3) is 5.56 Å². The number of aromatic amines is 1. The van der Waals surface area contributed by atoms with Crippen LogP contribution in [-0.2, 0) is 0 Å². The van der Waals surface area contributed by atoms with E-state index in [0.29, 0.717) is 23.0 Å². The molecule has 0 unspecified atom stereocenters. The first-order valence-corrected chi connectivity index (χ1v) is 5.10. The second-order valence-corrected chi connectivity index (χ2v) is 3.90. The van der Waals surface area contributed by atoms with Gasteiger partial charge in [0.15, 0.2) is 5.16 Å². The maximum absolute atomic E-state index is 11.0. The molecule has 5 nitrogen and oxygen atoms in total. The standard InChI is InChI=1S/C8H12N4OS/c1-5-4-7(13)12-8(11-5)14-3-2-6(9)10/h4H,2-3H2,1H3,(H3,9,10)(H,11,12,13). The SMILES string of the molecule is Cc1cc(=O)[nH]c(SCCC(=N)N)n1. The number of nitrogens with zero attached hydrogens (tertiary/aromatic N) is 1. The second-order valence-electron chi connectivity index (χ2n) is 2.82. The molecule has 0 saturated carbocycles.